The second-order valence-electron chi connectivity index (χ2n) is 5.82. The largest absolute Gasteiger partial charge is 0.309 e. The van der Waals surface area contributed by atoms with E-state index in [1.165, 1.54) is 16.0 Å². The lowest BCUT2D eigenvalue weighted by Crippen LogP contribution is -2.34. The predicted molar refractivity (Wildman–Crippen MR) is 84.9 cm³/mol. The molecule has 1 aromatic heterocycles. The maximum atomic E-state index is 3.68. The van der Waals surface area contributed by atoms with Crippen molar-refractivity contribution in [2.24, 2.45) is 0 Å². The Morgan fingerprint density at radius 2 is 1.84 bits per heavy atom. The molecule has 0 spiro atoms. The quantitative estimate of drug-likeness (QED) is 0.833. The van der Waals surface area contributed by atoms with Gasteiger partial charge in [-0.2, -0.15) is 0 Å². The predicted octanol–water partition coefficient (Wildman–Crippen LogP) is 4.68. The molecule has 0 bridgehead atoms. The number of benzene rings is 1. The van der Waals surface area contributed by atoms with Crippen LogP contribution in [0.15, 0.2) is 41.8 Å². The Morgan fingerprint density at radius 3 is 2.42 bits per heavy atom. The smallest absolute Gasteiger partial charge is 0.0389 e. The average molecular weight is 273 g/mol. The van der Waals surface area contributed by atoms with Crippen LogP contribution in [0.5, 0.6) is 0 Å². The number of hydrogen-bond acceptors (Lipinski definition) is 2. The zero-order valence-electron chi connectivity index (χ0n) is 12.2. The fraction of sp³-hybridized carbons (Fsp3) is 0.412. The Labute approximate surface area is 120 Å². The van der Waals surface area contributed by atoms with E-state index in [0.29, 0.717) is 6.04 Å². The van der Waals surface area contributed by atoms with Gasteiger partial charge in [-0.3, -0.25) is 0 Å². The molecule has 1 atom stereocenters. The molecule has 19 heavy (non-hydrogen) atoms. The zero-order chi connectivity index (χ0) is 13.9. The highest BCUT2D eigenvalue weighted by molar-refractivity contribution is 7.10. The Bertz CT molecular complexity index is 513. The minimum atomic E-state index is 0.153. The van der Waals surface area contributed by atoms with Gasteiger partial charge in [0.15, 0.2) is 0 Å². The molecule has 0 amide bonds. The molecule has 1 heterocycles. The fourth-order valence-corrected chi connectivity index (χ4v) is 3.28. The summed E-state index contributed by atoms with van der Waals surface area (Å²) in [7, 11) is 0. The second kappa shape index (κ2) is 5.89. The van der Waals surface area contributed by atoms with Gasteiger partial charge >= 0.3 is 0 Å². The molecule has 2 rings (SSSR count). The summed E-state index contributed by atoms with van der Waals surface area (Å²) >= 11 is 1.84. The molecule has 0 radical (unpaired) electrons. The molecule has 0 saturated heterocycles. The van der Waals surface area contributed by atoms with Gasteiger partial charge < -0.3 is 5.32 Å². The van der Waals surface area contributed by atoms with Crippen LogP contribution < -0.4 is 5.32 Å². The molecule has 0 aliphatic heterocycles. The van der Waals surface area contributed by atoms with Crippen LogP contribution in [0.1, 0.15) is 42.8 Å². The van der Waals surface area contributed by atoms with Gasteiger partial charge in [-0.05, 0) is 36.4 Å². The third-order valence-corrected chi connectivity index (χ3v) is 4.90. The van der Waals surface area contributed by atoms with Crippen LogP contribution in [0.25, 0.3) is 0 Å². The third-order valence-electron chi connectivity index (χ3n) is 3.70. The van der Waals surface area contributed by atoms with Crippen LogP contribution in [0, 0.1) is 6.92 Å². The van der Waals surface area contributed by atoms with E-state index in [0.717, 1.165) is 6.54 Å². The first-order valence-corrected chi connectivity index (χ1v) is 7.71. The van der Waals surface area contributed by atoms with Gasteiger partial charge in [0.05, 0.1) is 0 Å². The van der Waals surface area contributed by atoms with Crippen molar-refractivity contribution < 1.29 is 0 Å². The van der Waals surface area contributed by atoms with Crippen molar-refractivity contribution >= 4 is 11.3 Å². The molecule has 1 N–H and O–H groups in total. The number of rotatable bonds is 5. The van der Waals surface area contributed by atoms with Crippen LogP contribution in [-0.4, -0.2) is 6.54 Å². The number of thiophene rings is 1. The normalized spacial score (nSPS) is 13.5. The van der Waals surface area contributed by atoms with Crippen LogP contribution in [0.2, 0.25) is 0 Å². The van der Waals surface area contributed by atoms with E-state index < -0.39 is 0 Å². The van der Waals surface area contributed by atoms with E-state index >= 15 is 0 Å². The number of hydrogen-bond donors (Lipinski definition) is 1. The number of nitrogens with one attached hydrogen (secondary N) is 1. The van der Waals surface area contributed by atoms with E-state index in [-0.39, 0.29) is 5.41 Å². The lowest BCUT2D eigenvalue weighted by atomic mass is 9.84. The Hall–Kier alpha value is -1.12. The lowest BCUT2D eigenvalue weighted by molar-refractivity contribution is 0.437. The van der Waals surface area contributed by atoms with Crippen molar-refractivity contribution in [2.75, 3.05) is 6.54 Å². The van der Waals surface area contributed by atoms with Crippen molar-refractivity contribution in [2.45, 2.75) is 39.2 Å². The summed E-state index contributed by atoms with van der Waals surface area (Å²) in [5.74, 6) is 0. The maximum Gasteiger partial charge on any atom is 0.0389 e. The van der Waals surface area contributed by atoms with Crippen LogP contribution in [0.4, 0.5) is 0 Å². The monoisotopic (exact) mass is 273 g/mol. The standard InChI is InChI=1S/C17H23NS/c1-13-10-11-19-16(13)14(2)18-12-17(3,4)15-8-6-5-7-9-15/h5-11,14,18H,12H2,1-4H3. The molecule has 2 heteroatoms. The van der Waals surface area contributed by atoms with Crippen LogP contribution in [-0.2, 0) is 5.41 Å². The van der Waals surface area contributed by atoms with Gasteiger partial charge in [-0.1, -0.05) is 44.2 Å². The zero-order valence-corrected chi connectivity index (χ0v) is 13.1. The van der Waals surface area contributed by atoms with Gasteiger partial charge in [0, 0.05) is 22.9 Å². The molecule has 0 aliphatic rings. The third kappa shape index (κ3) is 3.46. The molecular weight excluding hydrogens is 250 g/mol. The summed E-state index contributed by atoms with van der Waals surface area (Å²) in [6, 6.07) is 13.3. The molecule has 1 aromatic carbocycles. The van der Waals surface area contributed by atoms with Gasteiger partial charge in [0.1, 0.15) is 0 Å². The van der Waals surface area contributed by atoms with Crippen molar-refractivity contribution in [3.63, 3.8) is 0 Å². The van der Waals surface area contributed by atoms with Crippen molar-refractivity contribution in [1.29, 1.82) is 0 Å². The van der Waals surface area contributed by atoms with Crippen LogP contribution in [0.3, 0.4) is 0 Å². The molecule has 1 nitrogen and oxygen atoms in total. The minimum absolute atomic E-state index is 0.153. The highest BCUT2D eigenvalue weighted by Gasteiger charge is 2.21. The molecule has 2 aromatic rings. The fourth-order valence-electron chi connectivity index (χ4n) is 2.32. The molecule has 0 aliphatic carbocycles. The molecular formula is C17H23NS. The summed E-state index contributed by atoms with van der Waals surface area (Å²) in [4.78, 5) is 1.45. The van der Waals surface area contributed by atoms with Crippen LogP contribution >= 0.6 is 11.3 Å². The molecule has 1 unspecified atom stereocenters. The first-order chi connectivity index (χ1) is 9.00. The minimum Gasteiger partial charge on any atom is -0.309 e. The van der Waals surface area contributed by atoms with E-state index in [1.54, 1.807) is 0 Å². The molecule has 102 valence electrons. The number of aryl methyl sites for hydroxylation is 1. The first kappa shape index (κ1) is 14.3. The van der Waals surface area contributed by atoms with Crippen molar-refractivity contribution in [3.05, 3.63) is 57.8 Å². The Kier molecular flexibility index (Phi) is 4.43. The van der Waals surface area contributed by atoms with Gasteiger partial charge in [0.2, 0.25) is 0 Å². The van der Waals surface area contributed by atoms with E-state index in [4.69, 9.17) is 0 Å². The molecule has 0 fully saturated rings. The summed E-state index contributed by atoms with van der Waals surface area (Å²) in [5.41, 5.74) is 2.93. The Balaban J connectivity index is 2.00. The lowest BCUT2D eigenvalue weighted by Gasteiger charge is -2.28. The van der Waals surface area contributed by atoms with E-state index in [9.17, 15) is 0 Å². The highest BCUT2D eigenvalue weighted by Crippen LogP contribution is 2.26. The summed E-state index contributed by atoms with van der Waals surface area (Å²) < 4.78 is 0. The second-order valence-corrected chi connectivity index (χ2v) is 6.77. The highest BCUT2D eigenvalue weighted by atomic mass is 32.1. The molecule has 0 saturated carbocycles. The Morgan fingerprint density at radius 1 is 1.16 bits per heavy atom. The first-order valence-electron chi connectivity index (χ1n) is 6.83. The average Bonchev–Trinajstić information content (AvgIpc) is 2.83. The summed E-state index contributed by atoms with van der Waals surface area (Å²) in [5, 5.41) is 5.85. The summed E-state index contributed by atoms with van der Waals surface area (Å²) in [6.07, 6.45) is 0. The van der Waals surface area contributed by atoms with Gasteiger partial charge in [0.25, 0.3) is 0 Å². The van der Waals surface area contributed by atoms with Crippen molar-refractivity contribution in [1.82, 2.24) is 5.32 Å². The van der Waals surface area contributed by atoms with Crippen molar-refractivity contribution in [3.8, 4) is 0 Å². The maximum absolute atomic E-state index is 3.68. The van der Waals surface area contributed by atoms with Gasteiger partial charge in [-0.25, -0.2) is 0 Å². The topological polar surface area (TPSA) is 12.0 Å². The van der Waals surface area contributed by atoms with E-state index in [1.807, 2.05) is 11.3 Å². The van der Waals surface area contributed by atoms with E-state index in [2.05, 4.69) is 74.8 Å². The summed E-state index contributed by atoms with van der Waals surface area (Å²) in [6.45, 7) is 10.0. The van der Waals surface area contributed by atoms with Gasteiger partial charge in [-0.15, -0.1) is 11.3 Å². The SMILES string of the molecule is Cc1ccsc1C(C)NCC(C)(C)c1ccccc1.